The molecule has 1 N–H and O–H groups in total. The number of aliphatic hydroxyl groups excluding tert-OH is 1. The van der Waals surface area contributed by atoms with Crippen LogP contribution in [0.5, 0.6) is 0 Å². The fourth-order valence-electron chi connectivity index (χ4n) is 1.41. The Balaban J connectivity index is 3.48. The second kappa shape index (κ2) is 13.5. The summed E-state index contributed by atoms with van der Waals surface area (Å²) in [5.41, 5.74) is 0. The molecule has 0 aromatic heterocycles. The van der Waals surface area contributed by atoms with E-state index in [4.69, 9.17) is 19.3 Å². The van der Waals surface area contributed by atoms with E-state index in [0.29, 0.717) is 26.2 Å². The van der Waals surface area contributed by atoms with Gasteiger partial charge in [-0.3, -0.25) is 4.79 Å². The summed E-state index contributed by atoms with van der Waals surface area (Å²) >= 11 is 0. The summed E-state index contributed by atoms with van der Waals surface area (Å²) in [6.45, 7) is 1.65. The Kier molecular flexibility index (Phi) is 12.8. The lowest BCUT2D eigenvalue weighted by Gasteiger charge is -2.10. The van der Waals surface area contributed by atoms with Crippen LogP contribution in [-0.4, -0.2) is 57.5 Å². The molecule has 19 heavy (non-hydrogen) atoms. The zero-order chi connectivity index (χ0) is 14.3. The standard InChI is InChI=1S/C13H24O6/c1-17-8-9-18-7-3-2-4-12(10-15)11-19-13(16)5-6-14/h10,12,14H,2-9,11H2,1H3. The number of rotatable bonds is 13. The molecule has 0 amide bonds. The second-order valence-electron chi connectivity index (χ2n) is 4.15. The lowest BCUT2D eigenvalue weighted by atomic mass is 10.1. The summed E-state index contributed by atoms with van der Waals surface area (Å²) in [5, 5.41) is 8.53. The topological polar surface area (TPSA) is 82.1 Å². The van der Waals surface area contributed by atoms with E-state index in [9.17, 15) is 9.59 Å². The minimum absolute atomic E-state index is 0.0289. The number of carbonyl (C=O) groups is 2. The Bertz CT molecular complexity index is 231. The van der Waals surface area contributed by atoms with Crippen molar-refractivity contribution in [3.63, 3.8) is 0 Å². The van der Waals surface area contributed by atoms with Crippen molar-refractivity contribution in [2.45, 2.75) is 25.7 Å². The number of esters is 1. The normalized spacial score (nSPS) is 12.1. The van der Waals surface area contributed by atoms with Crippen LogP contribution in [0.1, 0.15) is 25.7 Å². The molecule has 1 unspecified atom stereocenters. The highest BCUT2D eigenvalue weighted by molar-refractivity contribution is 5.69. The van der Waals surface area contributed by atoms with Gasteiger partial charge < -0.3 is 24.1 Å². The van der Waals surface area contributed by atoms with Crippen LogP contribution >= 0.6 is 0 Å². The van der Waals surface area contributed by atoms with E-state index in [1.807, 2.05) is 0 Å². The highest BCUT2D eigenvalue weighted by atomic mass is 16.5. The number of unbranched alkanes of at least 4 members (excludes halogenated alkanes) is 1. The van der Waals surface area contributed by atoms with Gasteiger partial charge >= 0.3 is 5.97 Å². The van der Waals surface area contributed by atoms with E-state index in [1.165, 1.54) is 0 Å². The van der Waals surface area contributed by atoms with Gasteiger partial charge in [0.05, 0.1) is 26.2 Å². The Morgan fingerprint density at radius 1 is 1.26 bits per heavy atom. The first-order valence-corrected chi connectivity index (χ1v) is 6.53. The fraction of sp³-hybridized carbons (Fsp3) is 0.846. The van der Waals surface area contributed by atoms with Crippen LogP contribution < -0.4 is 0 Å². The number of hydrogen-bond donors (Lipinski definition) is 1. The molecule has 0 aliphatic rings. The molecule has 112 valence electrons. The Hall–Kier alpha value is -0.980. The zero-order valence-electron chi connectivity index (χ0n) is 11.5. The molecule has 6 nitrogen and oxygen atoms in total. The average Bonchev–Trinajstić information content (AvgIpc) is 2.41. The van der Waals surface area contributed by atoms with Crippen molar-refractivity contribution >= 4 is 12.3 Å². The molecule has 0 bridgehead atoms. The monoisotopic (exact) mass is 276 g/mol. The lowest BCUT2D eigenvalue weighted by Crippen LogP contribution is -2.16. The molecule has 0 saturated heterocycles. The van der Waals surface area contributed by atoms with Gasteiger partial charge in [0.1, 0.15) is 12.9 Å². The van der Waals surface area contributed by atoms with Gasteiger partial charge in [-0.2, -0.15) is 0 Å². The van der Waals surface area contributed by atoms with Crippen molar-refractivity contribution in [1.82, 2.24) is 0 Å². The smallest absolute Gasteiger partial charge is 0.308 e. The predicted octanol–water partition coefficient (Wildman–Crippen LogP) is 0.560. The molecule has 0 aromatic carbocycles. The maximum Gasteiger partial charge on any atom is 0.308 e. The minimum atomic E-state index is -0.475. The van der Waals surface area contributed by atoms with Gasteiger partial charge in [0, 0.05) is 19.6 Å². The van der Waals surface area contributed by atoms with Gasteiger partial charge in [-0.1, -0.05) is 6.42 Å². The van der Waals surface area contributed by atoms with Gasteiger partial charge in [0.25, 0.3) is 0 Å². The maximum atomic E-state index is 11.0. The number of ether oxygens (including phenoxy) is 3. The number of methoxy groups -OCH3 is 1. The van der Waals surface area contributed by atoms with Gasteiger partial charge in [-0.05, 0) is 12.8 Å². The molecule has 0 radical (unpaired) electrons. The fourth-order valence-corrected chi connectivity index (χ4v) is 1.41. The van der Waals surface area contributed by atoms with Gasteiger partial charge in [0.15, 0.2) is 0 Å². The maximum absolute atomic E-state index is 11.0. The molecule has 0 fully saturated rings. The third-order valence-corrected chi connectivity index (χ3v) is 2.51. The summed E-state index contributed by atoms with van der Waals surface area (Å²) in [5.74, 6) is -0.751. The number of carbonyl (C=O) groups excluding carboxylic acids is 2. The molecule has 0 spiro atoms. The van der Waals surface area contributed by atoms with E-state index in [-0.39, 0.29) is 25.6 Å². The van der Waals surface area contributed by atoms with Crippen molar-refractivity contribution in [2.24, 2.45) is 5.92 Å². The van der Waals surface area contributed by atoms with Gasteiger partial charge in [-0.25, -0.2) is 0 Å². The van der Waals surface area contributed by atoms with Crippen LogP contribution in [0, 0.1) is 5.92 Å². The summed E-state index contributed by atoms with van der Waals surface area (Å²) in [4.78, 5) is 21.8. The molecule has 0 saturated carbocycles. The first-order valence-electron chi connectivity index (χ1n) is 6.53. The van der Waals surface area contributed by atoms with E-state index in [1.54, 1.807) is 7.11 Å². The highest BCUT2D eigenvalue weighted by Gasteiger charge is 2.10. The van der Waals surface area contributed by atoms with Crippen LogP contribution in [0.2, 0.25) is 0 Å². The molecule has 0 rings (SSSR count). The van der Waals surface area contributed by atoms with E-state index < -0.39 is 5.97 Å². The third-order valence-electron chi connectivity index (χ3n) is 2.51. The van der Waals surface area contributed by atoms with Gasteiger partial charge in [-0.15, -0.1) is 0 Å². The van der Waals surface area contributed by atoms with E-state index in [2.05, 4.69) is 0 Å². The third kappa shape index (κ3) is 11.8. The number of aliphatic hydroxyl groups is 1. The molecule has 6 heteroatoms. The summed E-state index contributed by atoms with van der Waals surface area (Å²) in [6, 6.07) is 0. The van der Waals surface area contributed by atoms with Gasteiger partial charge in [0.2, 0.25) is 0 Å². The first-order chi connectivity index (χ1) is 9.24. The van der Waals surface area contributed by atoms with E-state index >= 15 is 0 Å². The van der Waals surface area contributed by atoms with Crippen molar-refractivity contribution in [3.8, 4) is 0 Å². The van der Waals surface area contributed by atoms with E-state index in [0.717, 1.165) is 19.1 Å². The van der Waals surface area contributed by atoms with Crippen molar-refractivity contribution in [1.29, 1.82) is 0 Å². The van der Waals surface area contributed by atoms with Crippen LogP contribution in [-0.2, 0) is 23.8 Å². The minimum Gasteiger partial charge on any atom is -0.465 e. The van der Waals surface area contributed by atoms with Crippen molar-refractivity contribution in [2.75, 3.05) is 40.1 Å². The first kappa shape index (κ1) is 18.0. The SMILES string of the molecule is COCCOCCCCC(C=O)COC(=O)CCO. The van der Waals surface area contributed by atoms with Crippen LogP contribution in [0.4, 0.5) is 0 Å². The Labute approximate surface area is 114 Å². The molecule has 0 aromatic rings. The molecule has 0 aliphatic heterocycles. The second-order valence-corrected chi connectivity index (χ2v) is 4.15. The Morgan fingerprint density at radius 3 is 2.68 bits per heavy atom. The summed E-state index contributed by atoms with van der Waals surface area (Å²) < 4.78 is 15.0. The molecular formula is C13H24O6. The van der Waals surface area contributed by atoms with Crippen LogP contribution in [0.25, 0.3) is 0 Å². The molecule has 0 aliphatic carbocycles. The quantitative estimate of drug-likeness (QED) is 0.301. The number of aldehydes is 1. The van der Waals surface area contributed by atoms with Crippen LogP contribution in [0.15, 0.2) is 0 Å². The predicted molar refractivity (Wildman–Crippen MR) is 68.8 cm³/mol. The Morgan fingerprint density at radius 2 is 2.05 bits per heavy atom. The average molecular weight is 276 g/mol. The molecule has 0 heterocycles. The van der Waals surface area contributed by atoms with Crippen LogP contribution in [0.3, 0.4) is 0 Å². The number of hydrogen-bond acceptors (Lipinski definition) is 6. The largest absolute Gasteiger partial charge is 0.465 e. The van der Waals surface area contributed by atoms with Crippen molar-refractivity contribution in [3.05, 3.63) is 0 Å². The lowest BCUT2D eigenvalue weighted by molar-refractivity contribution is -0.146. The zero-order valence-corrected chi connectivity index (χ0v) is 11.5. The highest BCUT2D eigenvalue weighted by Crippen LogP contribution is 2.07. The summed E-state index contributed by atoms with van der Waals surface area (Å²) in [6.07, 6.45) is 3.15. The summed E-state index contributed by atoms with van der Waals surface area (Å²) in [7, 11) is 1.62. The van der Waals surface area contributed by atoms with Crippen molar-refractivity contribution < 1.29 is 28.9 Å². The molecular weight excluding hydrogens is 252 g/mol. The molecule has 1 atom stereocenters.